The summed E-state index contributed by atoms with van der Waals surface area (Å²) in [4.78, 5) is 0. The van der Waals surface area contributed by atoms with Crippen LogP contribution in [0, 0.1) is 0 Å². The van der Waals surface area contributed by atoms with Crippen molar-refractivity contribution in [3.05, 3.63) is 44.6 Å². The highest BCUT2D eigenvalue weighted by Crippen LogP contribution is 2.39. The minimum Gasteiger partial charge on any atom is -0.486 e. The van der Waals surface area contributed by atoms with E-state index in [4.69, 9.17) is 9.47 Å². The molecule has 0 bridgehead atoms. The van der Waals surface area contributed by atoms with Gasteiger partial charge in [0.25, 0.3) is 0 Å². The number of nitrogens with one attached hydrogen (secondary N) is 1. The molecule has 1 aromatic carbocycles. The van der Waals surface area contributed by atoms with Gasteiger partial charge in [0.2, 0.25) is 0 Å². The highest BCUT2D eigenvalue weighted by molar-refractivity contribution is 9.10. The lowest BCUT2D eigenvalue weighted by molar-refractivity contribution is 0.171. The zero-order valence-electron chi connectivity index (χ0n) is 11.2. The number of thiophene rings is 1. The summed E-state index contributed by atoms with van der Waals surface area (Å²) in [6, 6.07) is 6.39. The molecule has 1 aromatic heterocycles. The molecule has 1 aliphatic heterocycles. The van der Waals surface area contributed by atoms with Crippen molar-refractivity contribution in [1.82, 2.24) is 5.32 Å². The van der Waals surface area contributed by atoms with Gasteiger partial charge in [0.15, 0.2) is 11.5 Å². The molecule has 0 fully saturated rings. The molecule has 0 spiro atoms. The van der Waals surface area contributed by atoms with Crippen LogP contribution in [0.5, 0.6) is 11.5 Å². The Morgan fingerprint density at radius 3 is 2.70 bits per heavy atom. The Hall–Kier alpha value is -1.04. The van der Waals surface area contributed by atoms with Crippen LogP contribution in [0.2, 0.25) is 0 Å². The molecule has 20 heavy (non-hydrogen) atoms. The molecule has 5 heteroatoms. The van der Waals surface area contributed by atoms with Gasteiger partial charge >= 0.3 is 0 Å². The second-order valence-corrected chi connectivity index (χ2v) is 6.20. The molecule has 1 aliphatic rings. The molecular formula is C15H16BrNO2S. The Balaban J connectivity index is 2.02. The summed E-state index contributed by atoms with van der Waals surface area (Å²) < 4.78 is 12.4. The Labute approximate surface area is 131 Å². The Morgan fingerprint density at radius 1 is 1.30 bits per heavy atom. The van der Waals surface area contributed by atoms with Crippen molar-refractivity contribution in [3.63, 3.8) is 0 Å². The first-order chi connectivity index (χ1) is 9.79. The smallest absolute Gasteiger partial charge is 0.162 e. The molecule has 0 saturated carbocycles. The summed E-state index contributed by atoms with van der Waals surface area (Å²) in [6.45, 7) is 4.24. The summed E-state index contributed by atoms with van der Waals surface area (Å²) in [6.07, 6.45) is 0. The zero-order valence-corrected chi connectivity index (χ0v) is 13.6. The average molecular weight is 354 g/mol. The molecule has 106 valence electrons. The molecule has 0 saturated heterocycles. The van der Waals surface area contributed by atoms with Crippen LogP contribution in [-0.4, -0.2) is 19.8 Å². The van der Waals surface area contributed by atoms with E-state index in [-0.39, 0.29) is 6.04 Å². The van der Waals surface area contributed by atoms with Crippen LogP contribution >= 0.6 is 27.3 Å². The first-order valence-electron chi connectivity index (χ1n) is 6.64. The van der Waals surface area contributed by atoms with Gasteiger partial charge in [-0.3, -0.25) is 0 Å². The molecule has 3 nitrogen and oxygen atoms in total. The van der Waals surface area contributed by atoms with Gasteiger partial charge in [-0.2, -0.15) is 11.3 Å². The summed E-state index contributed by atoms with van der Waals surface area (Å²) in [7, 11) is 0. The SMILES string of the molecule is CCNC(c1ccsc1)c1cc2c(cc1Br)OCCO2. The number of benzene rings is 1. The van der Waals surface area contributed by atoms with Crippen LogP contribution in [0.4, 0.5) is 0 Å². The number of fused-ring (bicyclic) bond motifs is 1. The fraction of sp³-hybridized carbons (Fsp3) is 0.333. The number of hydrogen-bond donors (Lipinski definition) is 1. The lowest BCUT2D eigenvalue weighted by Gasteiger charge is -2.24. The highest BCUT2D eigenvalue weighted by atomic mass is 79.9. The molecule has 2 heterocycles. The molecular weight excluding hydrogens is 338 g/mol. The first kappa shape index (κ1) is 13.9. The van der Waals surface area contributed by atoms with Crippen LogP contribution in [0.25, 0.3) is 0 Å². The van der Waals surface area contributed by atoms with Gasteiger partial charge < -0.3 is 14.8 Å². The largest absolute Gasteiger partial charge is 0.486 e. The molecule has 0 radical (unpaired) electrons. The van der Waals surface area contributed by atoms with E-state index in [0.717, 1.165) is 22.5 Å². The van der Waals surface area contributed by atoms with Crippen molar-refractivity contribution >= 4 is 27.3 Å². The number of hydrogen-bond acceptors (Lipinski definition) is 4. The second kappa shape index (κ2) is 6.16. The number of ether oxygens (including phenoxy) is 2. The molecule has 3 rings (SSSR count). The van der Waals surface area contributed by atoms with Crippen molar-refractivity contribution in [2.75, 3.05) is 19.8 Å². The summed E-state index contributed by atoms with van der Waals surface area (Å²) in [5.41, 5.74) is 2.45. The van der Waals surface area contributed by atoms with Crippen molar-refractivity contribution in [1.29, 1.82) is 0 Å². The maximum Gasteiger partial charge on any atom is 0.162 e. The number of halogens is 1. The summed E-state index contributed by atoms with van der Waals surface area (Å²) in [5, 5.41) is 7.81. The Bertz CT molecular complexity index is 586. The van der Waals surface area contributed by atoms with E-state index in [1.54, 1.807) is 11.3 Å². The molecule has 2 aromatic rings. The van der Waals surface area contributed by atoms with E-state index < -0.39 is 0 Å². The normalized spacial score (nSPS) is 15.1. The molecule has 1 N–H and O–H groups in total. The second-order valence-electron chi connectivity index (χ2n) is 4.56. The van der Waals surface area contributed by atoms with Gasteiger partial charge in [0.05, 0.1) is 6.04 Å². The van der Waals surface area contributed by atoms with E-state index >= 15 is 0 Å². The van der Waals surface area contributed by atoms with Crippen LogP contribution < -0.4 is 14.8 Å². The quantitative estimate of drug-likeness (QED) is 0.901. The number of rotatable bonds is 4. The van der Waals surface area contributed by atoms with Gasteiger partial charge in [0.1, 0.15) is 13.2 Å². The van der Waals surface area contributed by atoms with Crippen LogP contribution in [0.1, 0.15) is 24.1 Å². The lowest BCUT2D eigenvalue weighted by Crippen LogP contribution is -2.23. The van der Waals surface area contributed by atoms with Crippen molar-refractivity contribution < 1.29 is 9.47 Å². The van der Waals surface area contributed by atoms with Gasteiger partial charge in [-0.1, -0.05) is 22.9 Å². The predicted octanol–water partition coefficient (Wildman–Crippen LogP) is 3.98. The third-order valence-electron chi connectivity index (χ3n) is 3.26. The molecule has 1 atom stereocenters. The van der Waals surface area contributed by atoms with Crippen molar-refractivity contribution in [2.24, 2.45) is 0 Å². The minimum absolute atomic E-state index is 0.163. The van der Waals surface area contributed by atoms with Gasteiger partial charge in [0, 0.05) is 4.47 Å². The highest BCUT2D eigenvalue weighted by Gasteiger charge is 2.21. The van der Waals surface area contributed by atoms with Gasteiger partial charge in [-0.05, 0) is 46.6 Å². The third kappa shape index (κ3) is 2.71. The van der Waals surface area contributed by atoms with Crippen LogP contribution in [0.3, 0.4) is 0 Å². The maximum absolute atomic E-state index is 5.69. The third-order valence-corrected chi connectivity index (χ3v) is 4.65. The topological polar surface area (TPSA) is 30.5 Å². The zero-order chi connectivity index (χ0) is 13.9. The van der Waals surface area contributed by atoms with E-state index in [0.29, 0.717) is 13.2 Å². The van der Waals surface area contributed by atoms with E-state index in [9.17, 15) is 0 Å². The maximum atomic E-state index is 5.69. The predicted molar refractivity (Wildman–Crippen MR) is 85.0 cm³/mol. The summed E-state index contributed by atoms with van der Waals surface area (Å²) >= 11 is 5.37. The fourth-order valence-electron chi connectivity index (χ4n) is 2.35. The molecule has 0 aliphatic carbocycles. The monoisotopic (exact) mass is 353 g/mol. The fourth-order valence-corrected chi connectivity index (χ4v) is 3.59. The molecule has 1 unspecified atom stereocenters. The summed E-state index contributed by atoms with van der Waals surface area (Å²) in [5.74, 6) is 1.64. The standard InChI is InChI=1S/C15H16BrNO2S/c1-2-17-15(10-3-6-20-9-10)11-7-13-14(8-12(11)16)19-5-4-18-13/h3,6-9,15,17H,2,4-5H2,1H3. The minimum atomic E-state index is 0.163. The average Bonchev–Trinajstić information content (AvgIpc) is 2.98. The van der Waals surface area contributed by atoms with E-state index in [1.807, 2.05) is 6.07 Å². The van der Waals surface area contributed by atoms with Crippen LogP contribution in [0.15, 0.2) is 33.4 Å². The Morgan fingerprint density at radius 2 is 2.05 bits per heavy atom. The van der Waals surface area contributed by atoms with Crippen molar-refractivity contribution in [3.8, 4) is 11.5 Å². The van der Waals surface area contributed by atoms with E-state index in [2.05, 4.69) is 51.1 Å². The van der Waals surface area contributed by atoms with Gasteiger partial charge in [-0.15, -0.1) is 0 Å². The lowest BCUT2D eigenvalue weighted by atomic mass is 10.0. The molecule has 0 amide bonds. The Kier molecular flexibility index (Phi) is 4.29. The van der Waals surface area contributed by atoms with Crippen LogP contribution in [-0.2, 0) is 0 Å². The van der Waals surface area contributed by atoms with Gasteiger partial charge in [-0.25, -0.2) is 0 Å². The van der Waals surface area contributed by atoms with Crippen molar-refractivity contribution in [2.45, 2.75) is 13.0 Å². The first-order valence-corrected chi connectivity index (χ1v) is 8.37. The van der Waals surface area contributed by atoms with E-state index in [1.165, 1.54) is 11.1 Å².